The first-order chi connectivity index (χ1) is 15.2. The van der Waals surface area contributed by atoms with E-state index in [1.807, 2.05) is 30.3 Å². The Balaban J connectivity index is 1.52. The molecular formula is C26H34BrN3O. The third-order valence-electron chi connectivity index (χ3n) is 5.71. The predicted octanol–water partition coefficient (Wildman–Crippen LogP) is 6.91. The van der Waals surface area contributed by atoms with E-state index in [1.165, 1.54) is 56.9 Å². The molecule has 0 radical (unpaired) electrons. The molecule has 3 rings (SSSR count). The van der Waals surface area contributed by atoms with Gasteiger partial charge in [-0.05, 0) is 42.8 Å². The van der Waals surface area contributed by atoms with Gasteiger partial charge in [0, 0.05) is 29.5 Å². The van der Waals surface area contributed by atoms with Crippen molar-refractivity contribution < 1.29 is 4.79 Å². The van der Waals surface area contributed by atoms with Crippen LogP contribution in [0.2, 0.25) is 0 Å². The van der Waals surface area contributed by atoms with E-state index < -0.39 is 0 Å². The molecule has 1 N–H and O–H groups in total. The van der Waals surface area contributed by atoms with Crippen LogP contribution in [0.5, 0.6) is 0 Å². The molecule has 1 heterocycles. The standard InChI is InChI=1S/C26H34BrN3O/c1-2-3-4-5-6-7-8-11-20-30-24-13-10-9-12-23(24)29-25(30)18-19-28-26(31)21-14-16-22(27)17-15-21/h9-10,12-17H,2-8,11,18-20H2,1H3,(H,28,31). The van der Waals surface area contributed by atoms with Crippen LogP contribution in [0, 0.1) is 0 Å². The number of carbonyl (C=O) groups excluding carboxylic acids is 1. The number of rotatable bonds is 13. The Bertz CT molecular complexity index is 949. The van der Waals surface area contributed by atoms with Crippen molar-refractivity contribution in [3.63, 3.8) is 0 Å². The van der Waals surface area contributed by atoms with Gasteiger partial charge in [0.25, 0.3) is 5.91 Å². The highest BCUT2D eigenvalue weighted by Gasteiger charge is 2.11. The molecule has 166 valence electrons. The predicted molar refractivity (Wildman–Crippen MR) is 133 cm³/mol. The minimum atomic E-state index is -0.0433. The van der Waals surface area contributed by atoms with Crippen LogP contribution in [-0.4, -0.2) is 22.0 Å². The first-order valence-corrected chi connectivity index (χ1v) is 12.5. The van der Waals surface area contributed by atoms with E-state index in [0.717, 1.165) is 28.8 Å². The number of carbonyl (C=O) groups is 1. The summed E-state index contributed by atoms with van der Waals surface area (Å²) in [6, 6.07) is 15.8. The summed E-state index contributed by atoms with van der Waals surface area (Å²) in [6.07, 6.45) is 11.2. The number of nitrogens with zero attached hydrogens (tertiary/aromatic N) is 2. The van der Waals surface area contributed by atoms with Gasteiger partial charge in [0.2, 0.25) is 0 Å². The van der Waals surface area contributed by atoms with Crippen LogP contribution in [0.4, 0.5) is 0 Å². The molecule has 3 aromatic rings. The van der Waals surface area contributed by atoms with Crippen LogP contribution in [0.3, 0.4) is 0 Å². The summed E-state index contributed by atoms with van der Waals surface area (Å²) in [7, 11) is 0. The number of nitrogens with one attached hydrogen (secondary N) is 1. The van der Waals surface area contributed by atoms with Crippen LogP contribution in [-0.2, 0) is 13.0 Å². The largest absolute Gasteiger partial charge is 0.352 e. The molecule has 0 bridgehead atoms. The zero-order valence-electron chi connectivity index (χ0n) is 18.6. The van der Waals surface area contributed by atoms with Gasteiger partial charge in [0.1, 0.15) is 5.82 Å². The molecule has 0 spiro atoms. The highest BCUT2D eigenvalue weighted by Crippen LogP contribution is 2.18. The average Bonchev–Trinajstić information content (AvgIpc) is 3.13. The van der Waals surface area contributed by atoms with Crippen LogP contribution < -0.4 is 5.32 Å². The summed E-state index contributed by atoms with van der Waals surface area (Å²) < 4.78 is 3.32. The molecule has 0 aliphatic rings. The van der Waals surface area contributed by atoms with E-state index in [-0.39, 0.29) is 5.91 Å². The number of para-hydroxylation sites is 2. The maximum Gasteiger partial charge on any atom is 0.251 e. The Morgan fingerprint density at radius 3 is 2.35 bits per heavy atom. The van der Waals surface area contributed by atoms with Gasteiger partial charge in [0.05, 0.1) is 11.0 Å². The van der Waals surface area contributed by atoms with Crippen LogP contribution >= 0.6 is 15.9 Å². The summed E-state index contributed by atoms with van der Waals surface area (Å²) in [5.41, 5.74) is 2.91. The Hall–Kier alpha value is -2.14. The highest BCUT2D eigenvalue weighted by molar-refractivity contribution is 9.10. The number of benzene rings is 2. The summed E-state index contributed by atoms with van der Waals surface area (Å²) in [6.45, 7) is 3.83. The minimum Gasteiger partial charge on any atom is -0.352 e. The summed E-state index contributed by atoms with van der Waals surface area (Å²) in [5.74, 6) is 1.01. The second-order valence-electron chi connectivity index (χ2n) is 8.16. The molecule has 0 atom stereocenters. The molecule has 1 amide bonds. The maximum atomic E-state index is 12.4. The molecule has 0 aliphatic heterocycles. The van der Waals surface area contributed by atoms with Crippen LogP contribution in [0.1, 0.15) is 74.5 Å². The average molecular weight is 484 g/mol. The van der Waals surface area contributed by atoms with Gasteiger partial charge in [-0.15, -0.1) is 0 Å². The maximum absolute atomic E-state index is 12.4. The van der Waals surface area contributed by atoms with Gasteiger partial charge in [-0.25, -0.2) is 4.98 Å². The topological polar surface area (TPSA) is 46.9 Å². The van der Waals surface area contributed by atoms with Crippen molar-refractivity contribution in [3.05, 3.63) is 64.4 Å². The second-order valence-corrected chi connectivity index (χ2v) is 9.07. The Morgan fingerprint density at radius 2 is 1.61 bits per heavy atom. The molecule has 0 saturated heterocycles. The molecule has 0 aliphatic carbocycles. The van der Waals surface area contributed by atoms with Crippen molar-refractivity contribution >= 4 is 32.9 Å². The number of hydrogen-bond donors (Lipinski definition) is 1. The summed E-state index contributed by atoms with van der Waals surface area (Å²) in [4.78, 5) is 17.2. The molecule has 0 saturated carbocycles. The van der Waals surface area contributed by atoms with Crippen molar-refractivity contribution in [1.82, 2.24) is 14.9 Å². The molecule has 2 aromatic carbocycles. The monoisotopic (exact) mass is 483 g/mol. The number of fused-ring (bicyclic) bond motifs is 1. The normalized spacial score (nSPS) is 11.2. The van der Waals surface area contributed by atoms with Crippen molar-refractivity contribution in [3.8, 4) is 0 Å². The van der Waals surface area contributed by atoms with Crippen LogP contribution in [0.25, 0.3) is 11.0 Å². The molecule has 0 unspecified atom stereocenters. The lowest BCUT2D eigenvalue weighted by Crippen LogP contribution is -2.26. The highest BCUT2D eigenvalue weighted by atomic mass is 79.9. The lowest BCUT2D eigenvalue weighted by Gasteiger charge is -2.10. The zero-order chi connectivity index (χ0) is 21.9. The van der Waals surface area contributed by atoms with E-state index in [9.17, 15) is 4.79 Å². The summed E-state index contributed by atoms with van der Waals surface area (Å²) >= 11 is 3.40. The second kappa shape index (κ2) is 12.7. The lowest BCUT2D eigenvalue weighted by atomic mass is 10.1. The Labute approximate surface area is 194 Å². The number of aryl methyl sites for hydroxylation is 1. The fraction of sp³-hybridized carbons (Fsp3) is 0.462. The first-order valence-electron chi connectivity index (χ1n) is 11.7. The number of hydrogen-bond acceptors (Lipinski definition) is 2. The van der Waals surface area contributed by atoms with Gasteiger partial charge in [-0.1, -0.05) is 79.9 Å². The molecule has 1 aromatic heterocycles. The van der Waals surface area contributed by atoms with Gasteiger partial charge in [-0.2, -0.15) is 0 Å². The lowest BCUT2D eigenvalue weighted by molar-refractivity contribution is 0.0954. The molecular weight excluding hydrogens is 450 g/mol. The van der Waals surface area contributed by atoms with Gasteiger partial charge >= 0.3 is 0 Å². The van der Waals surface area contributed by atoms with E-state index in [0.29, 0.717) is 12.1 Å². The number of amides is 1. The van der Waals surface area contributed by atoms with Crippen molar-refractivity contribution in [2.24, 2.45) is 0 Å². The molecule has 31 heavy (non-hydrogen) atoms. The van der Waals surface area contributed by atoms with E-state index in [4.69, 9.17) is 4.98 Å². The van der Waals surface area contributed by atoms with Crippen molar-refractivity contribution in [2.75, 3.05) is 6.54 Å². The van der Waals surface area contributed by atoms with Crippen molar-refractivity contribution in [2.45, 2.75) is 71.3 Å². The fourth-order valence-electron chi connectivity index (χ4n) is 3.96. The third-order valence-corrected chi connectivity index (χ3v) is 6.24. The minimum absolute atomic E-state index is 0.0433. The molecule has 0 fully saturated rings. The third kappa shape index (κ3) is 7.20. The number of unbranched alkanes of at least 4 members (excludes halogenated alkanes) is 7. The van der Waals surface area contributed by atoms with E-state index in [2.05, 4.69) is 50.9 Å². The summed E-state index contributed by atoms with van der Waals surface area (Å²) in [5, 5.41) is 3.03. The molecule has 4 nitrogen and oxygen atoms in total. The number of imidazole rings is 1. The Morgan fingerprint density at radius 1 is 0.935 bits per heavy atom. The fourth-order valence-corrected chi connectivity index (χ4v) is 4.23. The number of halogens is 1. The smallest absolute Gasteiger partial charge is 0.251 e. The van der Waals surface area contributed by atoms with E-state index in [1.54, 1.807) is 0 Å². The van der Waals surface area contributed by atoms with E-state index >= 15 is 0 Å². The zero-order valence-corrected chi connectivity index (χ0v) is 20.2. The number of aromatic nitrogens is 2. The Kier molecular flexibility index (Phi) is 9.60. The molecule has 5 heteroatoms. The van der Waals surface area contributed by atoms with Crippen molar-refractivity contribution in [1.29, 1.82) is 0 Å². The van der Waals surface area contributed by atoms with Crippen LogP contribution in [0.15, 0.2) is 53.0 Å². The SMILES string of the molecule is CCCCCCCCCCn1c(CCNC(=O)c2ccc(Br)cc2)nc2ccccc21. The van der Waals surface area contributed by atoms with Gasteiger partial charge in [-0.3, -0.25) is 4.79 Å². The van der Waals surface area contributed by atoms with Gasteiger partial charge in [0.15, 0.2) is 0 Å². The van der Waals surface area contributed by atoms with Gasteiger partial charge < -0.3 is 9.88 Å². The quantitative estimate of drug-likeness (QED) is 0.268. The first kappa shape index (κ1) is 23.5.